The summed E-state index contributed by atoms with van der Waals surface area (Å²) < 4.78 is 5.35. The van der Waals surface area contributed by atoms with Gasteiger partial charge in [-0.25, -0.2) is 0 Å². The Balaban J connectivity index is 2.35. The molecule has 1 aromatic rings. The summed E-state index contributed by atoms with van der Waals surface area (Å²) in [7, 11) is 0. The van der Waals surface area contributed by atoms with Crippen molar-refractivity contribution in [2.45, 2.75) is 13.3 Å². The molecular formula is C13H16N4O3. The quantitative estimate of drug-likeness (QED) is 0.606. The van der Waals surface area contributed by atoms with E-state index in [9.17, 15) is 9.59 Å². The van der Waals surface area contributed by atoms with E-state index in [0.29, 0.717) is 23.5 Å². The zero-order valence-electron chi connectivity index (χ0n) is 11.1. The van der Waals surface area contributed by atoms with Crippen molar-refractivity contribution in [1.29, 1.82) is 0 Å². The normalized spacial score (nSPS) is 13.4. The molecule has 0 bridgehead atoms. The number of fused-ring (bicyclic) bond motifs is 1. The molecule has 0 unspecified atom stereocenters. The molecule has 1 aromatic carbocycles. The number of carbonyl (C=O) groups excluding carboxylic acids is 2. The summed E-state index contributed by atoms with van der Waals surface area (Å²) in [6, 6.07) is 4.77. The molecule has 0 spiro atoms. The van der Waals surface area contributed by atoms with E-state index < -0.39 is 5.91 Å². The first-order valence-electron chi connectivity index (χ1n) is 6.24. The van der Waals surface area contributed by atoms with Crippen LogP contribution in [0.2, 0.25) is 0 Å². The van der Waals surface area contributed by atoms with Crippen LogP contribution in [0.1, 0.15) is 23.7 Å². The Morgan fingerprint density at radius 3 is 2.85 bits per heavy atom. The lowest BCUT2D eigenvalue weighted by molar-refractivity contribution is -0.121. The fraction of sp³-hybridized carbons (Fsp3) is 0.308. The molecule has 1 aliphatic heterocycles. The Morgan fingerprint density at radius 1 is 1.45 bits per heavy atom. The van der Waals surface area contributed by atoms with Gasteiger partial charge in [0.05, 0.1) is 5.69 Å². The number of benzene rings is 1. The highest BCUT2D eigenvalue weighted by atomic mass is 16.5. The minimum atomic E-state index is -0.546. The SMILES string of the molecule is CCCN1C(=O)COc2cc(C(=O)N=C(N)N)ccc21. The maximum atomic E-state index is 11.8. The average Bonchev–Trinajstić information content (AvgIpc) is 2.41. The first-order chi connectivity index (χ1) is 9.52. The molecule has 20 heavy (non-hydrogen) atoms. The highest BCUT2D eigenvalue weighted by Crippen LogP contribution is 2.33. The average molecular weight is 276 g/mol. The number of nitrogens with zero attached hydrogens (tertiary/aromatic N) is 2. The molecule has 1 heterocycles. The third-order valence-corrected chi connectivity index (χ3v) is 2.83. The van der Waals surface area contributed by atoms with E-state index in [1.54, 1.807) is 23.1 Å². The molecule has 7 heteroatoms. The van der Waals surface area contributed by atoms with Crippen LogP contribution in [0.25, 0.3) is 0 Å². The summed E-state index contributed by atoms with van der Waals surface area (Å²) in [5.74, 6) is -0.455. The van der Waals surface area contributed by atoms with Crippen molar-refractivity contribution in [1.82, 2.24) is 0 Å². The number of hydrogen-bond donors (Lipinski definition) is 2. The molecule has 2 amide bonds. The summed E-state index contributed by atoms with van der Waals surface area (Å²) in [6.45, 7) is 2.56. The van der Waals surface area contributed by atoms with Gasteiger partial charge in [0, 0.05) is 12.1 Å². The number of nitrogens with two attached hydrogens (primary N) is 2. The molecule has 2 rings (SSSR count). The number of guanidine groups is 1. The number of aliphatic imine (C=N–C) groups is 1. The van der Waals surface area contributed by atoms with Crippen LogP contribution in [-0.4, -0.2) is 30.9 Å². The van der Waals surface area contributed by atoms with E-state index in [4.69, 9.17) is 16.2 Å². The number of ether oxygens (including phenoxy) is 1. The van der Waals surface area contributed by atoms with Gasteiger partial charge >= 0.3 is 0 Å². The molecule has 0 fully saturated rings. The van der Waals surface area contributed by atoms with Crippen LogP contribution >= 0.6 is 0 Å². The minimum Gasteiger partial charge on any atom is -0.482 e. The van der Waals surface area contributed by atoms with Crippen molar-refractivity contribution in [2.75, 3.05) is 18.1 Å². The van der Waals surface area contributed by atoms with Crippen molar-refractivity contribution < 1.29 is 14.3 Å². The fourth-order valence-electron chi connectivity index (χ4n) is 1.99. The lowest BCUT2D eigenvalue weighted by Crippen LogP contribution is -2.39. The van der Waals surface area contributed by atoms with E-state index in [-0.39, 0.29) is 18.5 Å². The van der Waals surface area contributed by atoms with E-state index >= 15 is 0 Å². The molecule has 0 saturated carbocycles. The number of amides is 2. The van der Waals surface area contributed by atoms with Crippen LogP contribution in [-0.2, 0) is 4.79 Å². The van der Waals surface area contributed by atoms with Crippen molar-refractivity contribution in [2.24, 2.45) is 16.5 Å². The minimum absolute atomic E-state index is 0.0348. The summed E-state index contributed by atoms with van der Waals surface area (Å²) in [6.07, 6.45) is 0.833. The highest BCUT2D eigenvalue weighted by molar-refractivity contribution is 6.04. The van der Waals surface area contributed by atoms with E-state index in [2.05, 4.69) is 4.99 Å². The maximum Gasteiger partial charge on any atom is 0.280 e. The molecule has 4 N–H and O–H groups in total. The topological polar surface area (TPSA) is 111 Å². The van der Waals surface area contributed by atoms with Crippen molar-refractivity contribution in [3.05, 3.63) is 23.8 Å². The lowest BCUT2D eigenvalue weighted by Gasteiger charge is -2.29. The van der Waals surface area contributed by atoms with Gasteiger partial charge in [0.1, 0.15) is 5.75 Å². The van der Waals surface area contributed by atoms with Crippen molar-refractivity contribution in [3.63, 3.8) is 0 Å². The molecule has 1 aliphatic rings. The summed E-state index contributed by atoms with van der Waals surface area (Å²) in [4.78, 5) is 28.6. The number of carbonyl (C=O) groups is 2. The zero-order valence-corrected chi connectivity index (χ0v) is 11.1. The molecule has 0 radical (unpaired) electrons. The number of rotatable bonds is 3. The second kappa shape index (κ2) is 5.60. The Hall–Kier alpha value is -2.57. The monoisotopic (exact) mass is 276 g/mol. The Morgan fingerprint density at radius 2 is 2.20 bits per heavy atom. The van der Waals surface area contributed by atoms with Crippen molar-refractivity contribution >= 4 is 23.5 Å². The first kappa shape index (κ1) is 13.9. The molecule has 0 atom stereocenters. The van der Waals surface area contributed by atoms with Gasteiger partial charge < -0.3 is 21.1 Å². The smallest absolute Gasteiger partial charge is 0.280 e. The first-order valence-corrected chi connectivity index (χ1v) is 6.24. The lowest BCUT2D eigenvalue weighted by atomic mass is 10.1. The largest absolute Gasteiger partial charge is 0.482 e. The number of hydrogen-bond acceptors (Lipinski definition) is 3. The molecule has 7 nitrogen and oxygen atoms in total. The van der Waals surface area contributed by atoms with E-state index in [1.807, 2.05) is 6.92 Å². The second-order valence-corrected chi connectivity index (χ2v) is 4.36. The molecular weight excluding hydrogens is 260 g/mol. The molecule has 0 aromatic heterocycles. The van der Waals surface area contributed by atoms with Crippen LogP contribution in [0.15, 0.2) is 23.2 Å². The maximum absolute atomic E-state index is 11.8. The fourth-order valence-corrected chi connectivity index (χ4v) is 1.99. The van der Waals surface area contributed by atoms with Crippen molar-refractivity contribution in [3.8, 4) is 5.75 Å². The third-order valence-electron chi connectivity index (χ3n) is 2.83. The van der Waals surface area contributed by atoms with Gasteiger partial charge in [-0.2, -0.15) is 4.99 Å². The van der Waals surface area contributed by atoms with Gasteiger partial charge in [-0.3, -0.25) is 9.59 Å². The van der Waals surface area contributed by atoms with Gasteiger partial charge in [0.2, 0.25) is 0 Å². The van der Waals surface area contributed by atoms with Gasteiger partial charge in [-0.15, -0.1) is 0 Å². The van der Waals surface area contributed by atoms with E-state index in [0.717, 1.165) is 6.42 Å². The third kappa shape index (κ3) is 2.71. The molecule has 106 valence electrons. The van der Waals surface area contributed by atoms with Crippen LogP contribution in [0.3, 0.4) is 0 Å². The van der Waals surface area contributed by atoms with Gasteiger partial charge in [-0.05, 0) is 24.6 Å². The predicted octanol–water partition coefficient (Wildman–Crippen LogP) is 0.236. The standard InChI is InChI=1S/C13H16N4O3/c1-2-5-17-9-4-3-8(12(19)16-13(14)15)6-10(9)20-7-11(17)18/h3-4,6H,2,5,7H2,1H3,(H4,14,15,16,19). The predicted molar refractivity (Wildman–Crippen MR) is 74.7 cm³/mol. The Bertz CT molecular complexity index is 579. The van der Waals surface area contributed by atoms with Crippen LogP contribution in [0.5, 0.6) is 5.75 Å². The van der Waals surface area contributed by atoms with E-state index in [1.165, 1.54) is 0 Å². The van der Waals surface area contributed by atoms with Gasteiger partial charge in [0.25, 0.3) is 11.8 Å². The Labute approximate surface area is 116 Å². The summed E-state index contributed by atoms with van der Waals surface area (Å²) in [5, 5.41) is 0. The number of anilines is 1. The van der Waals surface area contributed by atoms with Crippen LogP contribution < -0.4 is 21.1 Å². The van der Waals surface area contributed by atoms with Gasteiger partial charge in [0.15, 0.2) is 12.6 Å². The summed E-state index contributed by atoms with van der Waals surface area (Å²) in [5.41, 5.74) is 11.3. The highest BCUT2D eigenvalue weighted by Gasteiger charge is 2.25. The van der Waals surface area contributed by atoms with Gasteiger partial charge in [-0.1, -0.05) is 6.92 Å². The van der Waals surface area contributed by atoms with Crippen LogP contribution in [0, 0.1) is 0 Å². The Kier molecular flexibility index (Phi) is 3.88. The molecule has 0 saturated heterocycles. The molecule has 0 aliphatic carbocycles. The van der Waals surface area contributed by atoms with Crippen LogP contribution in [0.4, 0.5) is 5.69 Å². The second-order valence-electron chi connectivity index (χ2n) is 4.36. The zero-order chi connectivity index (χ0) is 14.7. The summed E-state index contributed by atoms with van der Waals surface area (Å²) >= 11 is 0.